The Balaban J connectivity index is 1.41. The van der Waals surface area contributed by atoms with E-state index < -0.39 is 40.1 Å². The van der Waals surface area contributed by atoms with Crippen molar-refractivity contribution in [3.05, 3.63) is 70.0 Å². The fraction of sp³-hybridized carbons (Fsp3) is 0.286. The van der Waals surface area contributed by atoms with E-state index >= 15 is 0 Å². The van der Waals surface area contributed by atoms with E-state index in [0.29, 0.717) is 6.42 Å². The maximum absolute atomic E-state index is 13.4. The molecule has 2 aromatic rings. The summed E-state index contributed by atoms with van der Waals surface area (Å²) in [5, 5.41) is 13.3. The molecule has 2 aromatic carbocycles. The van der Waals surface area contributed by atoms with Crippen molar-refractivity contribution in [2.75, 3.05) is 17.7 Å². The fourth-order valence-electron chi connectivity index (χ4n) is 3.95. The molecule has 2 aliphatic rings. The van der Waals surface area contributed by atoms with Crippen LogP contribution in [0, 0.1) is 15.9 Å². The molecule has 2 aliphatic heterocycles. The number of benzene rings is 2. The number of fused-ring (bicyclic) bond motifs is 1. The number of non-ortho nitro benzene ring substituents is 1. The molecule has 0 radical (unpaired) electrons. The highest BCUT2D eigenvalue weighted by Crippen LogP contribution is 2.54. The van der Waals surface area contributed by atoms with E-state index in [0.717, 1.165) is 5.56 Å². The summed E-state index contributed by atoms with van der Waals surface area (Å²) in [6.07, 6.45) is 0.737. The zero-order valence-corrected chi connectivity index (χ0v) is 17.5. The van der Waals surface area contributed by atoms with Crippen molar-refractivity contribution < 1.29 is 28.4 Å². The zero-order chi connectivity index (χ0) is 22.9. The van der Waals surface area contributed by atoms with Gasteiger partial charge in [-0.3, -0.25) is 19.7 Å². The first-order valence-corrected chi connectivity index (χ1v) is 10.7. The van der Waals surface area contributed by atoms with Crippen molar-refractivity contribution in [3.63, 3.8) is 0 Å². The smallest absolute Gasteiger partial charge is 0.330 e. The van der Waals surface area contributed by atoms with Crippen LogP contribution in [0.15, 0.2) is 48.5 Å². The molecule has 2 saturated heterocycles. The Hall–Kier alpha value is -3.47. The lowest BCUT2D eigenvalue weighted by atomic mass is 10.0. The van der Waals surface area contributed by atoms with Crippen LogP contribution in [0.2, 0.25) is 0 Å². The van der Waals surface area contributed by atoms with Crippen LogP contribution in [0.3, 0.4) is 0 Å². The number of ether oxygens (including phenoxy) is 1. The number of esters is 1. The van der Waals surface area contributed by atoms with Crippen molar-refractivity contribution in [2.24, 2.45) is 0 Å². The second-order valence-electron chi connectivity index (χ2n) is 7.35. The number of thioether (sulfide) groups is 1. The first kappa shape index (κ1) is 21.8. The lowest BCUT2D eigenvalue weighted by Crippen LogP contribution is -2.47. The minimum Gasteiger partial charge on any atom is -0.454 e. The van der Waals surface area contributed by atoms with Gasteiger partial charge in [-0.1, -0.05) is 18.2 Å². The van der Waals surface area contributed by atoms with Crippen LogP contribution in [-0.4, -0.2) is 46.0 Å². The fourth-order valence-corrected chi connectivity index (χ4v) is 5.59. The first-order chi connectivity index (χ1) is 15.3. The normalized spacial score (nSPS) is 21.8. The Morgan fingerprint density at radius 1 is 1.28 bits per heavy atom. The molecule has 166 valence electrons. The van der Waals surface area contributed by atoms with Gasteiger partial charge < -0.3 is 15.0 Å². The zero-order valence-electron chi connectivity index (χ0n) is 16.7. The van der Waals surface area contributed by atoms with Crippen LogP contribution in [0.25, 0.3) is 0 Å². The molecule has 2 amide bonds. The van der Waals surface area contributed by atoms with Gasteiger partial charge in [-0.15, -0.1) is 11.8 Å². The maximum Gasteiger partial charge on any atom is 0.330 e. The molecule has 2 atom stereocenters. The van der Waals surface area contributed by atoms with E-state index in [2.05, 4.69) is 5.32 Å². The topological polar surface area (TPSA) is 119 Å². The largest absolute Gasteiger partial charge is 0.454 e. The summed E-state index contributed by atoms with van der Waals surface area (Å²) in [5.41, 5.74) is 0.739. The molecule has 2 heterocycles. The van der Waals surface area contributed by atoms with Crippen LogP contribution in [-0.2, 0) is 24.0 Å². The number of nitro groups is 1. The van der Waals surface area contributed by atoms with Gasteiger partial charge in [0.15, 0.2) is 6.61 Å². The highest BCUT2D eigenvalue weighted by Gasteiger charge is 2.57. The number of hydrogen-bond acceptors (Lipinski definition) is 7. The average Bonchev–Trinajstić information content (AvgIpc) is 3.32. The standard InChI is InChI=1S/C21H18FN3O6S/c22-14-6-4-13(5-7-14)21-9-8-19(27)24(21)17(12-32-21)20(28)31-11-18(26)23-15-2-1-3-16(10-15)25(29)30/h1-7,10,17H,8-9,11-12H2,(H,23,26)/t17-,21-/m1/s1. The van der Waals surface area contributed by atoms with Gasteiger partial charge in [-0.25, -0.2) is 9.18 Å². The Bertz CT molecular complexity index is 1100. The maximum atomic E-state index is 13.4. The Morgan fingerprint density at radius 3 is 2.75 bits per heavy atom. The van der Waals surface area contributed by atoms with Gasteiger partial charge in [-0.05, 0) is 30.2 Å². The number of anilines is 1. The highest BCUT2D eigenvalue weighted by atomic mass is 32.2. The van der Waals surface area contributed by atoms with Crippen LogP contribution in [0.4, 0.5) is 15.8 Å². The van der Waals surface area contributed by atoms with E-state index in [1.165, 1.54) is 53.1 Å². The van der Waals surface area contributed by atoms with Crippen LogP contribution in [0.5, 0.6) is 0 Å². The Morgan fingerprint density at radius 2 is 2.03 bits per heavy atom. The molecular formula is C21H18FN3O6S. The quantitative estimate of drug-likeness (QED) is 0.401. The molecule has 1 N–H and O–H groups in total. The molecular weight excluding hydrogens is 441 g/mol. The van der Waals surface area contributed by atoms with E-state index in [4.69, 9.17) is 4.74 Å². The molecule has 0 aromatic heterocycles. The number of carbonyl (C=O) groups is 3. The monoisotopic (exact) mass is 459 g/mol. The van der Waals surface area contributed by atoms with E-state index in [9.17, 15) is 28.9 Å². The summed E-state index contributed by atoms with van der Waals surface area (Å²) in [5.74, 6) is -1.70. The average molecular weight is 459 g/mol. The van der Waals surface area contributed by atoms with Crippen molar-refractivity contribution in [1.29, 1.82) is 0 Å². The van der Waals surface area contributed by atoms with Gasteiger partial charge in [0.1, 0.15) is 16.7 Å². The van der Waals surface area contributed by atoms with Crippen LogP contribution >= 0.6 is 11.8 Å². The minimum absolute atomic E-state index is 0.188. The molecule has 0 bridgehead atoms. The number of rotatable bonds is 6. The number of nitrogens with one attached hydrogen (secondary N) is 1. The van der Waals surface area contributed by atoms with Gasteiger partial charge in [0.05, 0.1) is 4.92 Å². The molecule has 9 nitrogen and oxygen atoms in total. The molecule has 0 unspecified atom stereocenters. The first-order valence-electron chi connectivity index (χ1n) is 9.73. The lowest BCUT2D eigenvalue weighted by Gasteiger charge is -2.33. The molecule has 2 fully saturated rings. The van der Waals surface area contributed by atoms with Crippen molar-refractivity contribution in [1.82, 2.24) is 4.90 Å². The summed E-state index contributed by atoms with van der Waals surface area (Å²) < 4.78 is 18.5. The van der Waals surface area contributed by atoms with Crippen molar-refractivity contribution in [2.45, 2.75) is 23.8 Å². The molecule has 11 heteroatoms. The third kappa shape index (κ3) is 4.03. The SMILES string of the molecule is O=C(COC(=O)[C@H]1CS[C@@]2(c3ccc(F)cc3)CCC(=O)N12)Nc1cccc([N+](=O)[O-])c1. The second-order valence-corrected chi connectivity index (χ2v) is 8.64. The predicted octanol–water partition coefficient (Wildman–Crippen LogP) is 2.81. The Kier molecular flexibility index (Phi) is 5.83. The number of nitro benzene ring substituents is 1. The van der Waals surface area contributed by atoms with E-state index in [-0.39, 0.29) is 29.5 Å². The minimum atomic E-state index is -0.870. The summed E-state index contributed by atoms with van der Waals surface area (Å²) in [6.45, 7) is -0.603. The number of carbonyl (C=O) groups excluding carboxylic acids is 3. The van der Waals surface area contributed by atoms with Gasteiger partial charge in [0.2, 0.25) is 5.91 Å². The van der Waals surface area contributed by atoms with Crippen molar-refractivity contribution in [3.8, 4) is 0 Å². The molecule has 0 aliphatic carbocycles. The van der Waals surface area contributed by atoms with Gasteiger partial charge in [0, 0.05) is 30.0 Å². The molecule has 0 saturated carbocycles. The number of amides is 2. The van der Waals surface area contributed by atoms with E-state index in [1.54, 1.807) is 12.1 Å². The highest BCUT2D eigenvalue weighted by molar-refractivity contribution is 8.00. The second kappa shape index (κ2) is 8.58. The summed E-state index contributed by atoms with van der Waals surface area (Å²) >= 11 is 1.42. The Labute approximate surface area is 186 Å². The van der Waals surface area contributed by atoms with Gasteiger partial charge in [0.25, 0.3) is 11.6 Å². The lowest BCUT2D eigenvalue weighted by molar-refractivity contribution is -0.384. The van der Waals surface area contributed by atoms with Crippen molar-refractivity contribution >= 4 is 40.9 Å². The number of hydrogen-bond donors (Lipinski definition) is 1. The molecule has 0 spiro atoms. The molecule has 4 rings (SSSR count). The third-order valence-corrected chi connectivity index (χ3v) is 6.98. The van der Waals surface area contributed by atoms with Gasteiger partial charge >= 0.3 is 5.97 Å². The number of halogens is 1. The summed E-state index contributed by atoms with van der Waals surface area (Å²) in [4.78, 5) is 48.4. The summed E-state index contributed by atoms with van der Waals surface area (Å²) in [7, 11) is 0. The molecule has 32 heavy (non-hydrogen) atoms. The van der Waals surface area contributed by atoms with E-state index in [1.807, 2.05) is 0 Å². The van der Waals surface area contributed by atoms with Crippen LogP contribution in [0.1, 0.15) is 18.4 Å². The predicted molar refractivity (Wildman–Crippen MR) is 113 cm³/mol. The van der Waals surface area contributed by atoms with Crippen LogP contribution < -0.4 is 5.32 Å². The third-order valence-electron chi connectivity index (χ3n) is 5.38. The van der Waals surface area contributed by atoms with Gasteiger partial charge in [-0.2, -0.15) is 0 Å². The summed E-state index contributed by atoms with van der Waals surface area (Å²) in [6, 6.07) is 10.3. The number of nitrogens with zero attached hydrogens (tertiary/aromatic N) is 2.